The molecule has 0 saturated heterocycles. The molecular formula is C33H42N4O4. The van der Waals surface area contributed by atoms with Crippen LogP contribution >= 0.6 is 0 Å². The van der Waals surface area contributed by atoms with Gasteiger partial charge in [-0.15, -0.1) is 0 Å². The number of anilines is 1. The number of hydrogen-bond acceptors (Lipinski definition) is 5. The Bertz CT molecular complexity index is 1310. The minimum atomic E-state index is -0.368. The first-order valence-electron chi connectivity index (χ1n) is 14.3. The van der Waals surface area contributed by atoms with E-state index in [2.05, 4.69) is 65.9 Å². The molecule has 1 heterocycles. The van der Waals surface area contributed by atoms with Gasteiger partial charge < -0.3 is 25.4 Å². The van der Waals surface area contributed by atoms with Crippen molar-refractivity contribution in [3.8, 4) is 16.9 Å². The van der Waals surface area contributed by atoms with E-state index in [9.17, 15) is 14.7 Å². The number of likely N-dealkylation sites (N-methyl/N-ethyl adjacent to an activating group) is 1. The number of carbonyl (C=O) groups is 2. The number of aliphatic hydroxyl groups is 1. The highest BCUT2D eigenvalue weighted by Gasteiger charge is 2.34. The van der Waals surface area contributed by atoms with Crippen LogP contribution < -0.4 is 15.4 Å². The fraction of sp³-hybridized carbons (Fsp3) is 0.394. The molecule has 1 aliphatic heterocycles. The largest absolute Gasteiger partial charge is 0.486 e. The molecule has 1 aliphatic rings. The first-order chi connectivity index (χ1) is 19.7. The van der Waals surface area contributed by atoms with E-state index in [4.69, 9.17) is 4.74 Å². The second-order valence-electron chi connectivity index (χ2n) is 11.3. The lowest BCUT2D eigenvalue weighted by Crippen LogP contribution is -2.49. The van der Waals surface area contributed by atoms with Crippen LogP contribution in [0.15, 0.2) is 72.8 Å². The SMILES string of the molecule is CC(C)NC(=O)Nc1cccc2c1O[C@H](CN(C)Cc1ccc(-c3ccccc3)cc1)[C@@H](C)CN([C@H](C)CO)C2=O. The van der Waals surface area contributed by atoms with Gasteiger partial charge in [-0.1, -0.05) is 67.6 Å². The maximum absolute atomic E-state index is 13.6. The number of nitrogens with one attached hydrogen (secondary N) is 2. The van der Waals surface area contributed by atoms with Crippen molar-refractivity contribution in [3.05, 3.63) is 83.9 Å². The highest BCUT2D eigenvalue weighted by molar-refractivity contribution is 6.01. The van der Waals surface area contributed by atoms with Crippen molar-refractivity contribution >= 4 is 17.6 Å². The fourth-order valence-corrected chi connectivity index (χ4v) is 5.10. The maximum atomic E-state index is 13.6. The summed E-state index contributed by atoms with van der Waals surface area (Å²) < 4.78 is 6.61. The van der Waals surface area contributed by atoms with Crippen molar-refractivity contribution in [2.24, 2.45) is 5.92 Å². The normalized spacial score (nSPS) is 17.9. The molecule has 0 bridgehead atoms. The summed E-state index contributed by atoms with van der Waals surface area (Å²) in [6.07, 6.45) is -0.278. The van der Waals surface area contributed by atoms with E-state index in [1.54, 1.807) is 23.1 Å². The number of fused-ring (bicyclic) bond motifs is 1. The number of rotatable bonds is 9. The molecule has 3 aromatic carbocycles. The zero-order valence-electron chi connectivity index (χ0n) is 24.6. The minimum absolute atomic E-state index is 0.0402. The van der Waals surface area contributed by atoms with Gasteiger partial charge >= 0.3 is 6.03 Å². The lowest BCUT2D eigenvalue weighted by Gasteiger charge is -2.38. The van der Waals surface area contributed by atoms with Gasteiger partial charge in [0, 0.05) is 31.6 Å². The van der Waals surface area contributed by atoms with Crippen LogP contribution in [-0.2, 0) is 6.54 Å². The van der Waals surface area contributed by atoms with E-state index in [-0.39, 0.29) is 42.7 Å². The number of nitrogens with zero attached hydrogens (tertiary/aromatic N) is 2. The Morgan fingerprint density at radius 1 is 1.02 bits per heavy atom. The van der Waals surface area contributed by atoms with Crippen molar-refractivity contribution < 1.29 is 19.4 Å². The van der Waals surface area contributed by atoms with E-state index < -0.39 is 0 Å². The quantitative estimate of drug-likeness (QED) is 0.334. The second-order valence-corrected chi connectivity index (χ2v) is 11.3. The van der Waals surface area contributed by atoms with Crippen LogP contribution in [0.5, 0.6) is 5.75 Å². The summed E-state index contributed by atoms with van der Waals surface area (Å²) >= 11 is 0. The summed E-state index contributed by atoms with van der Waals surface area (Å²) in [5, 5.41) is 15.6. The molecule has 3 aromatic rings. The molecule has 3 N–H and O–H groups in total. The molecular weight excluding hydrogens is 516 g/mol. The summed E-state index contributed by atoms with van der Waals surface area (Å²) in [7, 11) is 2.06. The van der Waals surface area contributed by atoms with Gasteiger partial charge in [0.25, 0.3) is 5.91 Å². The van der Waals surface area contributed by atoms with Crippen LogP contribution in [-0.4, -0.2) is 71.8 Å². The van der Waals surface area contributed by atoms with Crippen LogP contribution in [0.1, 0.15) is 43.6 Å². The van der Waals surface area contributed by atoms with Crippen molar-refractivity contribution in [2.75, 3.05) is 32.1 Å². The molecule has 218 valence electrons. The third-order valence-corrected chi connectivity index (χ3v) is 7.36. The summed E-state index contributed by atoms with van der Waals surface area (Å²) in [4.78, 5) is 30.2. The number of aliphatic hydroxyl groups excluding tert-OH is 1. The van der Waals surface area contributed by atoms with Gasteiger partial charge in [-0.05, 0) is 56.6 Å². The van der Waals surface area contributed by atoms with Crippen LogP contribution in [0, 0.1) is 5.92 Å². The van der Waals surface area contributed by atoms with E-state index in [0.717, 1.165) is 6.54 Å². The predicted octanol–water partition coefficient (Wildman–Crippen LogP) is 5.24. The summed E-state index contributed by atoms with van der Waals surface area (Å²) in [5.74, 6) is 0.0805. The zero-order valence-corrected chi connectivity index (χ0v) is 24.6. The highest BCUT2D eigenvalue weighted by atomic mass is 16.5. The van der Waals surface area contributed by atoms with Gasteiger partial charge in [-0.3, -0.25) is 9.69 Å². The lowest BCUT2D eigenvalue weighted by molar-refractivity contribution is 0.0343. The van der Waals surface area contributed by atoms with Crippen LogP contribution in [0.2, 0.25) is 0 Å². The molecule has 4 rings (SSSR count). The van der Waals surface area contributed by atoms with Gasteiger partial charge in [-0.25, -0.2) is 4.79 Å². The van der Waals surface area contributed by atoms with Crippen LogP contribution in [0.25, 0.3) is 11.1 Å². The monoisotopic (exact) mass is 558 g/mol. The predicted molar refractivity (Wildman–Crippen MR) is 163 cm³/mol. The van der Waals surface area contributed by atoms with Crippen LogP contribution in [0.3, 0.4) is 0 Å². The van der Waals surface area contributed by atoms with Crippen molar-refractivity contribution in [1.29, 1.82) is 0 Å². The topological polar surface area (TPSA) is 94.1 Å². The second kappa shape index (κ2) is 13.7. The molecule has 0 radical (unpaired) electrons. The van der Waals surface area contributed by atoms with Crippen molar-refractivity contribution in [3.63, 3.8) is 0 Å². The number of benzene rings is 3. The van der Waals surface area contributed by atoms with Crippen molar-refractivity contribution in [2.45, 2.75) is 52.4 Å². The average molecular weight is 559 g/mol. The highest BCUT2D eigenvalue weighted by Crippen LogP contribution is 2.35. The van der Waals surface area contributed by atoms with E-state index in [1.807, 2.05) is 39.0 Å². The van der Waals surface area contributed by atoms with E-state index in [1.165, 1.54) is 16.7 Å². The molecule has 3 atom stereocenters. The summed E-state index contributed by atoms with van der Waals surface area (Å²) in [6, 6.07) is 23.3. The average Bonchev–Trinajstić information content (AvgIpc) is 2.95. The maximum Gasteiger partial charge on any atom is 0.319 e. The Kier molecular flexibility index (Phi) is 10.0. The molecule has 0 aromatic heterocycles. The van der Waals surface area contributed by atoms with Gasteiger partial charge in [0.15, 0.2) is 5.75 Å². The third-order valence-electron chi connectivity index (χ3n) is 7.36. The molecule has 0 fully saturated rings. The summed E-state index contributed by atoms with van der Waals surface area (Å²) in [6.45, 7) is 9.28. The Morgan fingerprint density at radius 3 is 2.37 bits per heavy atom. The number of carbonyl (C=O) groups excluding carboxylic acids is 2. The Labute approximate surface area is 243 Å². The number of para-hydroxylation sites is 1. The zero-order chi connectivity index (χ0) is 29.5. The summed E-state index contributed by atoms with van der Waals surface area (Å²) in [5.41, 5.74) is 4.34. The molecule has 3 amide bonds. The Hall–Kier alpha value is -3.88. The van der Waals surface area contributed by atoms with Crippen LogP contribution in [0.4, 0.5) is 10.5 Å². The van der Waals surface area contributed by atoms with Gasteiger partial charge in [0.1, 0.15) is 6.10 Å². The smallest absolute Gasteiger partial charge is 0.319 e. The first kappa shape index (κ1) is 30.1. The molecule has 0 spiro atoms. The lowest BCUT2D eigenvalue weighted by atomic mass is 9.98. The van der Waals surface area contributed by atoms with Gasteiger partial charge in [-0.2, -0.15) is 0 Å². The number of ether oxygens (including phenoxy) is 1. The number of urea groups is 1. The van der Waals surface area contributed by atoms with E-state index >= 15 is 0 Å². The molecule has 0 saturated carbocycles. The molecule has 8 heteroatoms. The fourth-order valence-electron chi connectivity index (χ4n) is 5.10. The Balaban J connectivity index is 1.57. The van der Waals surface area contributed by atoms with Crippen molar-refractivity contribution in [1.82, 2.24) is 15.1 Å². The van der Waals surface area contributed by atoms with Gasteiger partial charge in [0.2, 0.25) is 0 Å². The molecule has 0 unspecified atom stereocenters. The Morgan fingerprint density at radius 2 is 1.71 bits per heavy atom. The number of hydrogen-bond donors (Lipinski definition) is 3. The first-order valence-corrected chi connectivity index (χ1v) is 14.3. The molecule has 41 heavy (non-hydrogen) atoms. The molecule has 8 nitrogen and oxygen atoms in total. The standard InChI is InChI=1S/C33H42N4O4/c1-22(2)34-33(40)35-29-13-9-12-28-31(29)41-30(23(3)18-37(32(28)39)24(4)21-38)20-36(5)19-25-14-16-27(17-15-25)26-10-7-6-8-11-26/h6-17,22-24,30,38H,18-21H2,1-5H3,(H2,34,35,40)/t23-,24+,30+/m0/s1. The number of amides is 3. The van der Waals surface area contributed by atoms with Gasteiger partial charge in [0.05, 0.1) is 23.9 Å². The van der Waals surface area contributed by atoms with E-state index in [0.29, 0.717) is 30.1 Å². The third kappa shape index (κ3) is 7.65. The molecule has 0 aliphatic carbocycles. The minimum Gasteiger partial charge on any atom is -0.486 e.